The normalized spacial score (nSPS) is 19.3. The standard InChI is InChI=1S/C5H11N3O3S2/c9-13(10,11)2-1-8-3-6-5(12)7-4-8/h1-4H2,(H2,6,7,12)(H,9,10,11). The van der Waals surface area contributed by atoms with Gasteiger partial charge in [-0.1, -0.05) is 0 Å². The zero-order valence-electron chi connectivity index (χ0n) is 6.87. The maximum absolute atomic E-state index is 10.3. The van der Waals surface area contributed by atoms with Gasteiger partial charge in [0.2, 0.25) is 0 Å². The van der Waals surface area contributed by atoms with E-state index in [1.54, 1.807) is 0 Å². The van der Waals surface area contributed by atoms with Crippen LogP contribution in [0, 0.1) is 0 Å². The van der Waals surface area contributed by atoms with Gasteiger partial charge in [0.25, 0.3) is 0 Å². The second kappa shape index (κ2) is 4.18. The molecule has 0 aromatic rings. The number of thiocarbonyl (C=S) groups is 1. The van der Waals surface area contributed by atoms with Gasteiger partial charge < -0.3 is 20.1 Å². The third-order valence-electron chi connectivity index (χ3n) is 1.70. The summed E-state index contributed by atoms with van der Waals surface area (Å²) in [5.74, 6) is -0.335. The van der Waals surface area contributed by atoms with Crippen LogP contribution in [0.3, 0.4) is 0 Å². The predicted molar refractivity (Wildman–Crippen MR) is 49.0 cm³/mol. The highest BCUT2D eigenvalue weighted by atomic mass is 32.2. The molecule has 0 aromatic carbocycles. The van der Waals surface area contributed by atoms with Crippen molar-refractivity contribution in [1.29, 1.82) is 0 Å². The summed E-state index contributed by atoms with van der Waals surface area (Å²) in [4.78, 5) is 0.952. The number of nitrogens with one attached hydrogen (secondary N) is 3. The third-order valence-corrected chi connectivity index (χ3v) is 2.70. The summed E-state index contributed by atoms with van der Waals surface area (Å²) in [6.07, 6.45) is 0. The van der Waals surface area contributed by atoms with E-state index in [1.807, 2.05) is 0 Å². The lowest BCUT2D eigenvalue weighted by molar-refractivity contribution is -0.903. The Hall–Kier alpha value is -0.440. The maximum atomic E-state index is 10.3. The number of hydrogen-bond donors (Lipinski definition) is 3. The quantitative estimate of drug-likeness (QED) is 0.347. The van der Waals surface area contributed by atoms with E-state index in [2.05, 4.69) is 10.6 Å². The minimum atomic E-state index is -4.10. The molecule has 0 bridgehead atoms. The molecule has 1 aliphatic heterocycles. The molecule has 1 heterocycles. The van der Waals surface area contributed by atoms with Crippen LogP contribution in [0.4, 0.5) is 0 Å². The van der Waals surface area contributed by atoms with Gasteiger partial charge in [0.05, 0.1) is 12.3 Å². The molecule has 13 heavy (non-hydrogen) atoms. The van der Waals surface area contributed by atoms with Crippen molar-refractivity contribution < 1.29 is 17.9 Å². The largest absolute Gasteiger partial charge is 0.748 e. The minimum Gasteiger partial charge on any atom is -0.748 e. The van der Waals surface area contributed by atoms with Crippen LogP contribution < -0.4 is 15.5 Å². The molecule has 1 fully saturated rings. The topological polar surface area (TPSA) is 85.7 Å². The Morgan fingerprint density at radius 3 is 2.46 bits per heavy atom. The molecule has 0 unspecified atom stereocenters. The SMILES string of the molecule is O=S(=O)([O-])CC[NH+]1CNC(=S)NC1. The monoisotopic (exact) mass is 225 g/mol. The van der Waals surface area contributed by atoms with Gasteiger partial charge in [0.15, 0.2) is 18.4 Å². The fourth-order valence-corrected chi connectivity index (χ4v) is 1.66. The van der Waals surface area contributed by atoms with Crippen molar-refractivity contribution in [3.05, 3.63) is 0 Å². The Morgan fingerprint density at radius 1 is 1.46 bits per heavy atom. The van der Waals surface area contributed by atoms with E-state index in [4.69, 9.17) is 12.2 Å². The lowest BCUT2D eigenvalue weighted by Crippen LogP contribution is -3.17. The van der Waals surface area contributed by atoms with Crippen LogP contribution in [0.2, 0.25) is 0 Å². The summed E-state index contributed by atoms with van der Waals surface area (Å²) >= 11 is 4.80. The van der Waals surface area contributed by atoms with E-state index in [0.29, 0.717) is 25.0 Å². The molecule has 8 heteroatoms. The highest BCUT2D eigenvalue weighted by Gasteiger charge is 2.15. The Labute approximate surface area is 82.0 Å². The molecule has 3 N–H and O–H groups in total. The van der Waals surface area contributed by atoms with Crippen molar-refractivity contribution in [2.75, 3.05) is 25.6 Å². The average Bonchev–Trinajstić information content (AvgIpc) is 2.02. The smallest absolute Gasteiger partial charge is 0.174 e. The lowest BCUT2D eigenvalue weighted by Gasteiger charge is -2.26. The molecule has 1 saturated heterocycles. The zero-order chi connectivity index (χ0) is 9.90. The third kappa shape index (κ3) is 4.36. The second-order valence-electron chi connectivity index (χ2n) is 2.80. The molecule has 0 radical (unpaired) electrons. The summed E-state index contributed by atoms with van der Waals surface area (Å²) in [6.45, 7) is 1.41. The molecule has 0 spiro atoms. The number of rotatable bonds is 3. The van der Waals surface area contributed by atoms with Crippen molar-refractivity contribution in [1.82, 2.24) is 10.6 Å². The van der Waals surface area contributed by atoms with Gasteiger partial charge in [-0.3, -0.25) is 0 Å². The van der Waals surface area contributed by atoms with Crippen molar-refractivity contribution in [2.24, 2.45) is 0 Å². The molecule has 76 valence electrons. The van der Waals surface area contributed by atoms with Crippen LogP contribution in [0.15, 0.2) is 0 Å². The van der Waals surface area contributed by atoms with Crippen LogP contribution in [-0.2, 0) is 10.1 Å². The van der Waals surface area contributed by atoms with E-state index in [9.17, 15) is 13.0 Å². The Kier molecular flexibility index (Phi) is 3.42. The van der Waals surface area contributed by atoms with Gasteiger partial charge in [-0.15, -0.1) is 0 Å². The molecule has 0 saturated carbocycles. The van der Waals surface area contributed by atoms with Crippen LogP contribution in [0.25, 0.3) is 0 Å². The van der Waals surface area contributed by atoms with E-state index >= 15 is 0 Å². The van der Waals surface area contributed by atoms with Crippen molar-refractivity contribution in [3.63, 3.8) is 0 Å². The first-order chi connectivity index (χ1) is 5.97. The van der Waals surface area contributed by atoms with E-state index in [1.165, 1.54) is 0 Å². The molecular weight excluding hydrogens is 214 g/mol. The highest BCUT2D eigenvalue weighted by Crippen LogP contribution is 1.76. The van der Waals surface area contributed by atoms with Crippen LogP contribution in [0.5, 0.6) is 0 Å². The van der Waals surface area contributed by atoms with Gasteiger partial charge >= 0.3 is 0 Å². The fraction of sp³-hybridized carbons (Fsp3) is 0.800. The molecule has 0 aliphatic carbocycles. The van der Waals surface area contributed by atoms with E-state index in [0.717, 1.165) is 4.90 Å². The molecule has 0 aromatic heterocycles. The summed E-state index contributed by atoms with van der Waals surface area (Å²) < 4.78 is 30.9. The van der Waals surface area contributed by atoms with Gasteiger partial charge in [0, 0.05) is 0 Å². The van der Waals surface area contributed by atoms with Crippen LogP contribution in [0.1, 0.15) is 0 Å². The van der Waals surface area contributed by atoms with Crippen molar-refractivity contribution >= 4 is 27.4 Å². The molecule has 6 nitrogen and oxygen atoms in total. The first kappa shape index (κ1) is 10.6. The van der Waals surface area contributed by atoms with Crippen LogP contribution in [-0.4, -0.2) is 43.7 Å². The molecule has 1 rings (SSSR count). The lowest BCUT2D eigenvalue weighted by atomic mass is 10.6. The zero-order valence-corrected chi connectivity index (χ0v) is 8.50. The molecule has 0 amide bonds. The maximum Gasteiger partial charge on any atom is 0.174 e. The van der Waals surface area contributed by atoms with Gasteiger partial charge in [-0.25, -0.2) is 8.42 Å². The van der Waals surface area contributed by atoms with E-state index in [-0.39, 0.29) is 5.75 Å². The highest BCUT2D eigenvalue weighted by molar-refractivity contribution is 7.85. The average molecular weight is 225 g/mol. The summed E-state index contributed by atoms with van der Waals surface area (Å²) in [7, 11) is -4.10. The minimum absolute atomic E-state index is 0.300. The first-order valence-electron chi connectivity index (χ1n) is 3.76. The first-order valence-corrected chi connectivity index (χ1v) is 5.75. The van der Waals surface area contributed by atoms with Gasteiger partial charge in [0.1, 0.15) is 10.1 Å². The van der Waals surface area contributed by atoms with Crippen molar-refractivity contribution in [3.8, 4) is 0 Å². The van der Waals surface area contributed by atoms with Gasteiger partial charge in [-0.2, -0.15) is 0 Å². The fourth-order valence-electron chi connectivity index (χ4n) is 0.982. The summed E-state index contributed by atoms with van der Waals surface area (Å²) in [5.41, 5.74) is 0. The summed E-state index contributed by atoms with van der Waals surface area (Å²) in [6, 6.07) is 0. The molecule has 0 atom stereocenters. The molecule has 1 aliphatic rings. The predicted octanol–water partition coefficient (Wildman–Crippen LogP) is -3.19. The second-order valence-corrected chi connectivity index (χ2v) is 4.73. The summed E-state index contributed by atoms with van der Waals surface area (Å²) in [5, 5.41) is 6.27. The number of hydrogen-bond acceptors (Lipinski definition) is 4. The Bertz CT molecular complexity index is 279. The van der Waals surface area contributed by atoms with E-state index < -0.39 is 10.1 Å². The van der Waals surface area contributed by atoms with Crippen LogP contribution >= 0.6 is 12.2 Å². The number of quaternary nitrogens is 1. The van der Waals surface area contributed by atoms with Crippen molar-refractivity contribution in [2.45, 2.75) is 0 Å². The molecular formula is C5H11N3O3S2. The van der Waals surface area contributed by atoms with Gasteiger partial charge in [-0.05, 0) is 12.2 Å². The Balaban J connectivity index is 2.27. The Morgan fingerprint density at radius 2 is 2.00 bits per heavy atom.